The second-order valence-corrected chi connectivity index (χ2v) is 6.07. The quantitative estimate of drug-likeness (QED) is 0.233. The molecule has 0 amide bonds. The van der Waals surface area contributed by atoms with Gasteiger partial charge in [-0.1, -0.05) is 76.9 Å². The molecule has 0 atom stereocenters. The first-order valence-corrected chi connectivity index (χ1v) is 10.4. The molecule has 0 aliphatic carbocycles. The number of nitrogens with two attached hydrogens (primary N) is 1. The van der Waals surface area contributed by atoms with Crippen molar-refractivity contribution in [3.8, 4) is 0 Å². The molecule has 22 heavy (non-hydrogen) atoms. The SMILES string of the molecule is CCCCCCCC/C=C\CCCCCCCCN.[O]=[Ti]=[O]. The van der Waals surface area contributed by atoms with E-state index in [0.717, 1.165) is 6.54 Å². The number of hydrogen-bond donors (Lipinski definition) is 1. The van der Waals surface area contributed by atoms with Crippen LogP contribution in [0.3, 0.4) is 0 Å². The van der Waals surface area contributed by atoms with Crippen molar-refractivity contribution in [2.75, 3.05) is 6.54 Å². The molecule has 0 aliphatic heterocycles. The predicted octanol–water partition coefficient (Wildman–Crippen LogP) is 5.74. The van der Waals surface area contributed by atoms with Gasteiger partial charge in [-0.3, -0.25) is 0 Å². The van der Waals surface area contributed by atoms with Crippen LogP contribution >= 0.6 is 0 Å². The van der Waals surface area contributed by atoms with Crippen LogP contribution in [0.1, 0.15) is 96.8 Å². The van der Waals surface area contributed by atoms with Gasteiger partial charge in [-0.25, -0.2) is 0 Å². The summed E-state index contributed by atoms with van der Waals surface area (Å²) in [5, 5.41) is 0. The zero-order valence-corrected chi connectivity index (χ0v) is 16.2. The first-order valence-electron chi connectivity index (χ1n) is 9.17. The molecule has 0 radical (unpaired) electrons. The summed E-state index contributed by atoms with van der Waals surface area (Å²) < 4.78 is 17.0. The van der Waals surface area contributed by atoms with Crippen molar-refractivity contribution in [1.29, 1.82) is 0 Å². The third-order valence-electron chi connectivity index (χ3n) is 3.72. The molecule has 0 rings (SSSR count). The molecule has 0 heterocycles. The van der Waals surface area contributed by atoms with E-state index in [2.05, 4.69) is 19.1 Å². The molecule has 0 fully saturated rings. The van der Waals surface area contributed by atoms with Crippen molar-refractivity contribution < 1.29 is 25.7 Å². The summed E-state index contributed by atoms with van der Waals surface area (Å²) in [5.41, 5.74) is 5.47. The van der Waals surface area contributed by atoms with Crippen LogP contribution in [0.5, 0.6) is 0 Å². The molecule has 0 aliphatic rings. The Kier molecular flexibility index (Phi) is 28.6. The van der Waals surface area contributed by atoms with Crippen LogP contribution in [0.25, 0.3) is 0 Å². The van der Waals surface area contributed by atoms with Crippen molar-refractivity contribution in [2.45, 2.75) is 96.8 Å². The predicted molar refractivity (Wildman–Crippen MR) is 89.9 cm³/mol. The number of rotatable bonds is 15. The van der Waals surface area contributed by atoms with Gasteiger partial charge in [0, 0.05) is 0 Å². The molecular formula is C18H37NO2Ti. The van der Waals surface area contributed by atoms with E-state index < -0.39 is 19.1 Å². The molecule has 0 unspecified atom stereocenters. The van der Waals surface area contributed by atoms with Gasteiger partial charge in [0.25, 0.3) is 0 Å². The summed E-state index contributed by atoms with van der Waals surface area (Å²) in [7, 11) is 0. The van der Waals surface area contributed by atoms with Crippen molar-refractivity contribution in [1.82, 2.24) is 0 Å². The summed E-state index contributed by atoms with van der Waals surface area (Å²) in [6, 6.07) is 0. The van der Waals surface area contributed by atoms with E-state index >= 15 is 0 Å². The summed E-state index contributed by atoms with van der Waals surface area (Å²) >= 11 is -2.00. The fourth-order valence-electron chi connectivity index (χ4n) is 2.39. The molecule has 0 aromatic heterocycles. The normalized spacial score (nSPS) is 10.3. The Morgan fingerprint density at radius 1 is 0.682 bits per heavy atom. The fourth-order valence-corrected chi connectivity index (χ4v) is 2.39. The van der Waals surface area contributed by atoms with Crippen LogP contribution in [0, 0.1) is 0 Å². The fraction of sp³-hybridized carbons (Fsp3) is 0.889. The van der Waals surface area contributed by atoms with E-state index in [4.69, 9.17) is 12.4 Å². The van der Waals surface area contributed by atoms with Crippen molar-refractivity contribution >= 4 is 0 Å². The molecule has 3 nitrogen and oxygen atoms in total. The Labute approximate surface area is 147 Å². The molecule has 0 bridgehead atoms. The van der Waals surface area contributed by atoms with E-state index in [0.29, 0.717) is 0 Å². The van der Waals surface area contributed by atoms with Crippen LogP contribution in [0.15, 0.2) is 12.2 Å². The van der Waals surface area contributed by atoms with Gasteiger partial charge < -0.3 is 5.73 Å². The summed E-state index contributed by atoms with van der Waals surface area (Å²) in [6.07, 6.45) is 23.9. The first-order chi connectivity index (χ1) is 10.8. The van der Waals surface area contributed by atoms with Gasteiger partial charge in [-0.05, 0) is 38.6 Å². The van der Waals surface area contributed by atoms with Crippen molar-refractivity contribution in [3.63, 3.8) is 0 Å². The number of hydrogen-bond acceptors (Lipinski definition) is 3. The number of allylic oxidation sites excluding steroid dienone is 2. The molecule has 2 N–H and O–H groups in total. The Bertz CT molecular complexity index is 251. The minimum atomic E-state index is -2.00. The van der Waals surface area contributed by atoms with Crippen molar-refractivity contribution in [3.05, 3.63) is 12.2 Å². The Morgan fingerprint density at radius 2 is 1.05 bits per heavy atom. The maximum absolute atomic E-state index is 8.50. The Morgan fingerprint density at radius 3 is 1.45 bits per heavy atom. The van der Waals surface area contributed by atoms with Gasteiger partial charge in [-0.2, -0.15) is 0 Å². The van der Waals surface area contributed by atoms with Gasteiger partial charge in [0.2, 0.25) is 0 Å². The third-order valence-corrected chi connectivity index (χ3v) is 3.72. The standard InChI is InChI=1S/C18H37N.2O.Ti/c1-2-3-4-5-6-7-8-9-10-11-12-13-14-15-16-17-18-19;;;/h9-10H,2-8,11-19H2,1H3;;;/b10-9-;;;. The first kappa shape index (κ1) is 24.3. The average molecular weight is 347 g/mol. The number of unbranched alkanes of at least 4 members (excludes halogenated alkanes) is 12. The van der Waals surface area contributed by atoms with E-state index in [1.54, 1.807) is 0 Å². The van der Waals surface area contributed by atoms with E-state index in [-0.39, 0.29) is 0 Å². The summed E-state index contributed by atoms with van der Waals surface area (Å²) in [5.74, 6) is 0. The molecule has 0 saturated carbocycles. The molecule has 0 aromatic rings. The van der Waals surface area contributed by atoms with Crippen LogP contribution in [-0.2, 0) is 25.7 Å². The molecule has 0 aromatic carbocycles. The second kappa shape index (κ2) is 25.9. The van der Waals surface area contributed by atoms with Crippen LogP contribution in [0.2, 0.25) is 0 Å². The molecule has 130 valence electrons. The maximum atomic E-state index is 8.50. The molecular weight excluding hydrogens is 310 g/mol. The van der Waals surface area contributed by atoms with E-state index in [1.807, 2.05) is 0 Å². The van der Waals surface area contributed by atoms with Crippen LogP contribution in [0.4, 0.5) is 0 Å². The molecule has 0 saturated heterocycles. The van der Waals surface area contributed by atoms with Crippen molar-refractivity contribution in [2.24, 2.45) is 5.73 Å². The van der Waals surface area contributed by atoms with Gasteiger partial charge >= 0.3 is 25.7 Å². The van der Waals surface area contributed by atoms with Gasteiger partial charge in [0.15, 0.2) is 0 Å². The zero-order valence-electron chi connectivity index (χ0n) is 14.7. The topological polar surface area (TPSA) is 60.2 Å². The van der Waals surface area contributed by atoms with Gasteiger partial charge in [-0.15, -0.1) is 0 Å². The Hall–Kier alpha value is 0.0143. The molecule has 4 heteroatoms. The molecule has 0 spiro atoms. The second-order valence-electron chi connectivity index (χ2n) is 5.81. The third kappa shape index (κ3) is 28.2. The monoisotopic (exact) mass is 347 g/mol. The zero-order chi connectivity index (χ0) is 16.7. The van der Waals surface area contributed by atoms with Crippen LogP contribution in [-0.4, -0.2) is 6.54 Å². The van der Waals surface area contributed by atoms with Gasteiger partial charge in [0.1, 0.15) is 0 Å². The average Bonchev–Trinajstić information content (AvgIpc) is 2.52. The van der Waals surface area contributed by atoms with E-state index in [9.17, 15) is 0 Å². The van der Waals surface area contributed by atoms with Gasteiger partial charge in [0.05, 0.1) is 0 Å². The summed E-state index contributed by atoms with van der Waals surface area (Å²) in [4.78, 5) is 0. The Balaban J connectivity index is 0. The van der Waals surface area contributed by atoms with Crippen LogP contribution < -0.4 is 5.73 Å². The minimum absolute atomic E-state index is 0.862. The van der Waals surface area contributed by atoms with E-state index in [1.165, 1.54) is 89.9 Å². The summed E-state index contributed by atoms with van der Waals surface area (Å²) in [6.45, 7) is 3.14.